The van der Waals surface area contributed by atoms with Gasteiger partial charge in [-0.1, -0.05) is 36.8 Å². The molecule has 0 bridgehead atoms. The number of allylic oxidation sites excluding steroid dienone is 7. The number of ketones is 1. The summed E-state index contributed by atoms with van der Waals surface area (Å²) in [4.78, 5) is 22.6. The lowest BCUT2D eigenvalue weighted by Crippen LogP contribution is -2.11. The van der Waals surface area contributed by atoms with E-state index in [9.17, 15) is 4.79 Å². The first-order valence-corrected chi connectivity index (χ1v) is 11.7. The van der Waals surface area contributed by atoms with Crippen molar-refractivity contribution in [1.82, 2.24) is 9.97 Å². The van der Waals surface area contributed by atoms with E-state index in [1.54, 1.807) is 11.3 Å². The monoisotopic (exact) mass is 455 g/mol. The van der Waals surface area contributed by atoms with Crippen LogP contribution in [-0.4, -0.2) is 15.8 Å². The van der Waals surface area contributed by atoms with E-state index in [1.165, 1.54) is 16.8 Å². The molecular weight excluding hydrogens is 430 g/mol. The van der Waals surface area contributed by atoms with Gasteiger partial charge >= 0.3 is 0 Å². The van der Waals surface area contributed by atoms with Gasteiger partial charge in [-0.05, 0) is 56.6 Å². The first-order chi connectivity index (χ1) is 14.8. The summed E-state index contributed by atoms with van der Waals surface area (Å²) in [6.07, 6.45) is 12.9. The molecule has 2 heterocycles. The zero-order valence-corrected chi connectivity index (χ0v) is 19.4. The highest BCUT2D eigenvalue weighted by Gasteiger charge is 2.27. The van der Waals surface area contributed by atoms with E-state index in [0.29, 0.717) is 16.5 Å². The summed E-state index contributed by atoms with van der Waals surface area (Å²) >= 11 is 8.37. The summed E-state index contributed by atoms with van der Waals surface area (Å²) in [5, 5.41) is 1.83. The largest absolute Gasteiger partial charge is 0.432 e. The topological polar surface area (TPSA) is 82.0 Å². The standard InChI is InChI=1S/C24H26ClN3O2S/c1-13-5-4-6-16(8-7-13)23-27-11-20(31-23)17-9-14(2)21(25)18(10-17)15(3)22(29)19-12-30-24(26)28-19/h5,10-12,14,16H,3-4,6-9H2,1-2H3,(H2,26,28). The number of thiazole rings is 1. The maximum Gasteiger partial charge on any atom is 0.292 e. The quantitative estimate of drug-likeness (QED) is 0.309. The molecule has 2 atom stereocenters. The summed E-state index contributed by atoms with van der Waals surface area (Å²) in [5.74, 6) is 0.241. The van der Waals surface area contributed by atoms with Gasteiger partial charge in [0.05, 0.1) is 9.88 Å². The fourth-order valence-corrected chi connectivity index (χ4v) is 5.47. The summed E-state index contributed by atoms with van der Waals surface area (Å²) in [6.45, 7) is 8.27. The molecule has 0 saturated carbocycles. The van der Waals surface area contributed by atoms with Crippen LogP contribution in [-0.2, 0) is 0 Å². The van der Waals surface area contributed by atoms with Gasteiger partial charge in [-0.15, -0.1) is 11.3 Å². The zero-order valence-electron chi connectivity index (χ0n) is 17.8. The van der Waals surface area contributed by atoms with Crippen LogP contribution >= 0.6 is 22.9 Å². The second-order valence-corrected chi connectivity index (χ2v) is 9.81. The van der Waals surface area contributed by atoms with E-state index in [0.717, 1.165) is 42.6 Å². The van der Waals surface area contributed by atoms with E-state index < -0.39 is 0 Å². The molecule has 2 N–H and O–H groups in total. The number of rotatable bonds is 5. The van der Waals surface area contributed by atoms with E-state index >= 15 is 0 Å². The van der Waals surface area contributed by atoms with E-state index in [2.05, 4.69) is 31.5 Å². The Hall–Kier alpha value is -2.44. The number of carbonyl (C=O) groups excluding carboxylic acids is 1. The van der Waals surface area contributed by atoms with Crippen molar-refractivity contribution in [3.63, 3.8) is 0 Å². The molecule has 7 heteroatoms. The minimum atomic E-state index is -0.343. The Balaban J connectivity index is 1.59. The Bertz CT molecular complexity index is 1120. The molecule has 0 aliphatic heterocycles. The van der Waals surface area contributed by atoms with Gasteiger partial charge in [0.2, 0.25) is 5.78 Å². The molecule has 162 valence electrons. The van der Waals surface area contributed by atoms with Crippen LogP contribution in [0.5, 0.6) is 0 Å². The predicted octanol–water partition coefficient (Wildman–Crippen LogP) is 6.67. The van der Waals surface area contributed by atoms with Crippen molar-refractivity contribution in [2.24, 2.45) is 5.92 Å². The van der Waals surface area contributed by atoms with Crippen LogP contribution in [0.15, 0.2) is 57.4 Å². The molecule has 0 spiro atoms. The SMILES string of the molecule is C=C(C(=O)c1coc(N)n1)C1=C(Cl)C(C)CC(c2cnc(C3CCC=C(C)CC3)s2)=C1. The number of nitrogens with zero attached hydrogens (tertiary/aromatic N) is 2. The fourth-order valence-electron chi connectivity index (χ4n) is 4.11. The molecule has 0 aromatic carbocycles. The number of Topliss-reactive ketones (excluding diaryl/α,β-unsaturated/α-hetero) is 1. The smallest absolute Gasteiger partial charge is 0.292 e. The summed E-state index contributed by atoms with van der Waals surface area (Å²) in [7, 11) is 0. The van der Waals surface area contributed by atoms with Crippen molar-refractivity contribution >= 4 is 40.3 Å². The molecule has 5 nitrogen and oxygen atoms in total. The average Bonchev–Trinajstić information content (AvgIpc) is 3.35. The molecular formula is C24H26ClN3O2S. The van der Waals surface area contributed by atoms with Gasteiger partial charge in [0.1, 0.15) is 6.26 Å². The minimum absolute atomic E-state index is 0.0504. The fraction of sp³-hybridized carbons (Fsp3) is 0.375. The molecule has 0 amide bonds. The Morgan fingerprint density at radius 3 is 2.94 bits per heavy atom. The molecule has 2 aromatic heterocycles. The third kappa shape index (κ3) is 4.60. The highest BCUT2D eigenvalue weighted by molar-refractivity contribution is 7.12. The molecule has 2 unspecified atom stereocenters. The third-order valence-corrected chi connectivity index (χ3v) is 7.78. The van der Waals surface area contributed by atoms with Crippen LogP contribution in [0.3, 0.4) is 0 Å². The molecule has 31 heavy (non-hydrogen) atoms. The van der Waals surface area contributed by atoms with Crippen molar-refractivity contribution < 1.29 is 9.21 Å². The number of oxazole rings is 1. The van der Waals surface area contributed by atoms with Crippen molar-refractivity contribution in [3.05, 3.63) is 68.5 Å². The molecule has 0 radical (unpaired) electrons. The van der Waals surface area contributed by atoms with E-state index in [-0.39, 0.29) is 29.0 Å². The molecule has 2 aliphatic rings. The first-order valence-electron chi connectivity index (χ1n) is 10.5. The van der Waals surface area contributed by atoms with Crippen LogP contribution in [0.4, 0.5) is 6.01 Å². The van der Waals surface area contributed by atoms with Gasteiger partial charge in [-0.25, -0.2) is 4.98 Å². The number of hydrogen-bond donors (Lipinski definition) is 1. The summed E-state index contributed by atoms with van der Waals surface area (Å²) in [5.41, 5.74) is 9.18. The second kappa shape index (κ2) is 8.97. The molecule has 4 rings (SSSR count). The minimum Gasteiger partial charge on any atom is -0.432 e. The molecule has 0 saturated heterocycles. The average molecular weight is 456 g/mol. The zero-order chi connectivity index (χ0) is 22.1. The van der Waals surface area contributed by atoms with Gasteiger partial charge in [0, 0.05) is 28.3 Å². The number of carbonyl (C=O) groups is 1. The first kappa shape index (κ1) is 21.8. The number of hydrogen-bond acceptors (Lipinski definition) is 6. The van der Waals surface area contributed by atoms with Crippen LogP contribution < -0.4 is 5.73 Å². The lowest BCUT2D eigenvalue weighted by atomic mass is 9.86. The lowest BCUT2D eigenvalue weighted by Gasteiger charge is -2.22. The molecule has 2 aromatic rings. The van der Waals surface area contributed by atoms with Crippen LogP contribution in [0.2, 0.25) is 0 Å². The second-order valence-electron chi connectivity index (χ2n) is 8.34. The van der Waals surface area contributed by atoms with Crippen molar-refractivity contribution in [2.75, 3.05) is 5.73 Å². The Labute approximate surface area is 191 Å². The highest BCUT2D eigenvalue weighted by atomic mass is 35.5. The number of nitrogen functional groups attached to an aromatic ring is 1. The number of nitrogens with two attached hydrogens (primary N) is 1. The Morgan fingerprint density at radius 2 is 2.19 bits per heavy atom. The van der Waals surface area contributed by atoms with Crippen LogP contribution in [0.25, 0.3) is 5.57 Å². The van der Waals surface area contributed by atoms with Crippen molar-refractivity contribution in [2.45, 2.75) is 51.9 Å². The highest BCUT2D eigenvalue weighted by Crippen LogP contribution is 2.42. The third-order valence-electron chi connectivity index (χ3n) is 5.97. The van der Waals surface area contributed by atoms with Gasteiger partial charge in [0.15, 0.2) is 5.69 Å². The number of aromatic nitrogens is 2. The van der Waals surface area contributed by atoms with Gasteiger partial charge < -0.3 is 10.2 Å². The van der Waals surface area contributed by atoms with Gasteiger partial charge in [0.25, 0.3) is 6.01 Å². The predicted molar refractivity (Wildman–Crippen MR) is 126 cm³/mol. The van der Waals surface area contributed by atoms with Gasteiger partial charge in [-0.3, -0.25) is 4.79 Å². The number of halogens is 1. The summed E-state index contributed by atoms with van der Waals surface area (Å²) < 4.78 is 4.97. The van der Waals surface area contributed by atoms with Crippen molar-refractivity contribution in [3.8, 4) is 0 Å². The van der Waals surface area contributed by atoms with Crippen molar-refractivity contribution in [1.29, 1.82) is 0 Å². The molecule has 0 fully saturated rings. The lowest BCUT2D eigenvalue weighted by molar-refractivity contribution is 0.103. The van der Waals surface area contributed by atoms with E-state index in [1.807, 2.05) is 12.3 Å². The van der Waals surface area contributed by atoms with Crippen LogP contribution in [0.1, 0.15) is 72.2 Å². The maximum atomic E-state index is 12.8. The molecule has 2 aliphatic carbocycles. The van der Waals surface area contributed by atoms with E-state index in [4.69, 9.17) is 26.7 Å². The summed E-state index contributed by atoms with van der Waals surface area (Å²) in [6, 6.07) is -0.0504. The Kier molecular flexibility index (Phi) is 6.30. The Morgan fingerprint density at radius 1 is 1.39 bits per heavy atom. The van der Waals surface area contributed by atoms with Crippen LogP contribution in [0, 0.1) is 5.92 Å². The normalized spacial score (nSPS) is 22.0. The maximum absolute atomic E-state index is 12.8. The number of anilines is 1. The van der Waals surface area contributed by atoms with Gasteiger partial charge in [-0.2, -0.15) is 4.98 Å².